The fraction of sp³-hybridized carbons (Fsp3) is 0.917. The first kappa shape index (κ1) is 8.59. The van der Waals surface area contributed by atoms with Gasteiger partial charge in [0.25, 0.3) is 0 Å². The summed E-state index contributed by atoms with van der Waals surface area (Å²) in [4.78, 5) is 0. The molecule has 0 saturated heterocycles. The van der Waals surface area contributed by atoms with Crippen LogP contribution in [-0.4, -0.2) is 0 Å². The predicted molar refractivity (Wildman–Crippen MR) is 52.8 cm³/mol. The Labute approximate surface area is 76.7 Å². The number of rotatable bonds is 2. The van der Waals surface area contributed by atoms with E-state index in [1.807, 2.05) is 5.92 Å². The Morgan fingerprint density at radius 3 is 2.75 bits per heavy atom. The molecule has 0 aliphatic heterocycles. The van der Waals surface area contributed by atoms with E-state index in [9.17, 15) is 0 Å². The van der Waals surface area contributed by atoms with Crippen LogP contribution in [0.3, 0.4) is 0 Å². The monoisotopic (exact) mass is 165 g/mol. The standard InChI is InChI=1S/C12H21/c1-3-9-8-10(4-2)12-7-5-6-11(9)12/h9,11-12H,3-8H2,1-2H3. The molecule has 2 rings (SSSR count). The lowest BCUT2D eigenvalue weighted by Crippen LogP contribution is -2.09. The molecule has 0 aromatic carbocycles. The van der Waals surface area contributed by atoms with E-state index in [0.717, 1.165) is 17.8 Å². The summed E-state index contributed by atoms with van der Waals surface area (Å²) in [5.74, 6) is 5.13. The molecule has 0 heteroatoms. The van der Waals surface area contributed by atoms with Crippen molar-refractivity contribution in [2.75, 3.05) is 0 Å². The Balaban J connectivity index is 2.05. The highest BCUT2D eigenvalue weighted by Gasteiger charge is 2.43. The van der Waals surface area contributed by atoms with Gasteiger partial charge < -0.3 is 0 Å². The van der Waals surface area contributed by atoms with Crippen molar-refractivity contribution in [2.45, 2.75) is 52.4 Å². The molecule has 3 atom stereocenters. The summed E-state index contributed by atoms with van der Waals surface area (Å²) < 4.78 is 0. The molecule has 0 nitrogen and oxygen atoms in total. The molecular weight excluding hydrogens is 144 g/mol. The molecule has 2 saturated carbocycles. The number of fused-ring (bicyclic) bond motifs is 1. The van der Waals surface area contributed by atoms with Crippen LogP contribution in [0.25, 0.3) is 0 Å². The van der Waals surface area contributed by atoms with E-state index in [1.54, 1.807) is 0 Å². The van der Waals surface area contributed by atoms with Gasteiger partial charge in [-0.3, -0.25) is 0 Å². The van der Waals surface area contributed by atoms with E-state index >= 15 is 0 Å². The Hall–Kier alpha value is 0. The van der Waals surface area contributed by atoms with Gasteiger partial charge in [-0.25, -0.2) is 0 Å². The normalized spacial score (nSPS) is 42.0. The summed E-state index contributed by atoms with van der Waals surface area (Å²) in [6.45, 7) is 4.72. The van der Waals surface area contributed by atoms with E-state index in [-0.39, 0.29) is 0 Å². The zero-order chi connectivity index (χ0) is 8.55. The average Bonchev–Trinajstić information content (AvgIpc) is 2.63. The van der Waals surface area contributed by atoms with Crippen LogP contribution in [-0.2, 0) is 0 Å². The fourth-order valence-electron chi connectivity index (χ4n) is 3.55. The lowest BCUT2D eigenvalue weighted by atomic mass is 9.89. The molecule has 0 aromatic rings. The molecule has 0 heterocycles. The van der Waals surface area contributed by atoms with Crippen molar-refractivity contribution in [3.63, 3.8) is 0 Å². The van der Waals surface area contributed by atoms with Gasteiger partial charge in [0, 0.05) is 0 Å². The van der Waals surface area contributed by atoms with E-state index in [0.29, 0.717) is 0 Å². The largest absolute Gasteiger partial charge is 0.0651 e. The third-order valence-corrected chi connectivity index (χ3v) is 4.20. The molecule has 69 valence electrons. The minimum absolute atomic E-state index is 1.06. The van der Waals surface area contributed by atoms with Gasteiger partial charge in [-0.1, -0.05) is 26.7 Å². The van der Waals surface area contributed by atoms with Crippen LogP contribution in [0, 0.1) is 23.7 Å². The summed E-state index contributed by atoms with van der Waals surface area (Å²) in [6, 6.07) is 0. The van der Waals surface area contributed by atoms with Crippen molar-refractivity contribution in [2.24, 2.45) is 17.8 Å². The van der Waals surface area contributed by atoms with Crippen molar-refractivity contribution < 1.29 is 0 Å². The van der Waals surface area contributed by atoms with Crippen LogP contribution in [0.2, 0.25) is 0 Å². The first-order chi connectivity index (χ1) is 5.86. The molecule has 0 N–H and O–H groups in total. The van der Waals surface area contributed by atoms with Crippen LogP contribution in [0.4, 0.5) is 0 Å². The smallest absolute Gasteiger partial charge is 0.0207 e. The maximum absolute atomic E-state index is 2.37. The van der Waals surface area contributed by atoms with E-state index in [4.69, 9.17) is 0 Å². The molecule has 2 aliphatic carbocycles. The maximum Gasteiger partial charge on any atom is -0.0207 e. The Morgan fingerprint density at radius 1 is 1.25 bits per heavy atom. The van der Waals surface area contributed by atoms with Crippen molar-refractivity contribution in [1.82, 2.24) is 0 Å². The highest BCUT2D eigenvalue weighted by atomic mass is 14.5. The molecule has 1 radical (unpaired) electrons. The third kappa shape index (κ3) is 1.20. The van der Waals surface area contributed by atoms with Gasteiger partial charge >= 0.3 is 0 Å². The predicted octanol–water partition coefficient (Wildman–Crippen LogP) is 3.82. The minimum atomic E-state index is 1.06. The van der Waals surface area contributed by atoms with Gasteiger partial charge in [0.15, 0.2) is 0 Å². The second kappa shape index (κ2) is 3.40. The SMILES string of the molecule is CC[C]1CC(CC)C2CCCC12. The Morgan fingerprint density at radius 2 is 2.08 bits per heavy atom. The van der Waals surface area contributed by atoms with E-state index in [2.05, 4.69) is 13.8 Å². The van der Waals surface area contributed by atoms with Gasteiger partial charge in [0.2, 0.25) is 0 Å². The minimum Gasteiger partial charge on any atom is -0.0651 e. The maximum atomic E-state index is 2.37. The fourth-order valence-corrected chi connectivity index (χ4v) is 3.55. The number of hydrogen-bond donors (Lipinski definition) is 0. The number of hydrogen-bond acceptors (Lipinski definition) is 0. The highest BCUT2D eigenvalue weighted by Crippen LogP contribution is 2.53. The third-order valence-electron chi connectivity index (χ3n) is 4.20. The molecule has 0 amide bonds. The quantitative estimate of drug-likeness (QED) is 0.583. The molecule has 2 fully saturated rings. The van der Waals surface area contributed by atoms with E-state index < -0.39 is 0 Å². The summed E-state index contributed by atoms with van der Waals surface area (Å²) in [7, 11) is 0. The van der Waals surface area contributed by atoms with Gasteiger partial charge in [0.1, 0.15) is 0 Å². The second-order valence-electron chi connectivity index (χ2n) is 4.59. The van der Waals surface area contributed by atoms with Gasteiger partial charge in [-0.2, -0.15) is 0 Å². The van der Waals surface area contributed by atoms with Crippen LogP contribution >= 0.6 is 0 Å². The lowest BCUT2D eigenvalue weighted by molar-refractivity contribution is 0.345. The molecular formula is C12H21. The van der Waals surface area contributed by atoms with Crippen molar-refractivity contribution in [1.29, 1.82) is 0 Å². The zero-order valence-electron chi connectivity index (χ0n) is 8.47. The summed E-state index contributed by atoms with van der Waals surface area (Å²) in [6.07, 6.45) is 8.82. The Kier molecular flexibility index (Phi) is 2.43. The molecule has 2 aliphatic rings. The first-order valence-electron chi connectivity index (χ1n) is 5.71. The molecule has 3 unspecified atom stereocenters. The topological polar surface area (TPSA) is 0 Å². The van der Waals surface area contributed by atoms with Crippen molar-refractivity contribution >= 4 is 0 Å². The molecule has 12 heavy (non-hydrogen) atoms. The van der Waals surface area contributed by atoms with Crippen LogP contribution in [0.5, 0.6) is 0 Å². The van der Waals surface area contributed by atoms with Crippen LogP contribution in [0.15, 0.2) is 0 Å². The van der Waals surface area contributed by atoms with Gasteiger partial charge in [-0.15, -0.1) is 0 Å². The van der Waals surface area contributed by atoms with E-state index in [1.165, 1.54) is 38.5 Å². The molecule has 0 bridgehead atoms. The summed E-state index contributed by atoms with van der Waals surface area (Å²) in [5, 5.41) is 0. The summed E-state index contributed by atoms with van der Waals surface area (Å²) >= 11 is 0. The molecule has 0 spiro atoms. The molecule has 0 aromatic heterocycles. The van der Waals surface area contributed by atoms with Gasteiger partial charge in [-0.05, 0) is 49.4 Å². The zero-order valence-corrected chi connectivity index (χ0v) is 8.47. The average molecular weight is 165 g/mol. The van der Waals surface area contributed by atoms with Crippen LogP contribution < -0.4 is 0 Å². The highest BCUT2D eigenvalue weighted by molar-refractivity contribution is 5.09. The Bertz CT molecular complexity index is 134. The first-order valence-corrected chi connectivity index (χ1v) is 5.71. The van der Waals surface area contributed by atoms with Gasteiger partial charge in [0.05, 0.1) is 0 Å². The van der Waals surface area contributed by atoms with Crippen molar-refractivity contribution in [3.05, 3.63) is 5.92 Å². The summed E-state index contributed by atoms with van der Waals surface area (Å²) in [5.41, 5.74) is 0. The lowest BCUT2D eigenvalue weighted by Gasteiger charge is -2.16. The van der Waals surface area contributed by atoms with Crippen LogP contribution in [0.1, 0.15) is 52.4 Å². The second-order valence-corrected chi connectivity index (χ2v) is 4.59. The van der Waals surface area contributed by atoms with Crippen molar-refractivity contribution in [3.8, 4) is 0 Å².